The van der Waals surface area contributed by atoms with E-state index in [0.29, 0.717) is 23.6 Å². The summed E-state index contributed by atoms with van der Waals surface area (Å²) in [7, 11) is 0.330. The van der Waals surface area contributed by atoms with Gasteiger partial charge in [-0.05, 0) is 83.2 Å². The van der Waals surface area contributed by atoms with Crippen LogP contribution in [0, 0.1) is 0 Å². The third-order valence-electron chi connectivity index (χ3n) is 5.65. The van der Waals surface area contributed by atoms with Crippen molar-refractivity contribution in [2.75, 3.05) is 45.8 Å². The first-order valence-electron chi connectivity index (χ1n) is 12.7. The second kappa shape index (κ2) is 16.8. The maximum atomic E-state index is 12.7. The number of nitrogens with zero attached hydrogens (tertiary/aromatic N) is 6. The molecule has 0 aliphatic rings. The first kappa shape index (κ1) is 35.5. The zero-order chi connectivity index (χ0) is 31.3. The molecular weight excluding hydrogens is 621 g/mol. The third kappa shape index (κ3) is 11.2. The zero-order valence-corrected chi connectivity index (χ0v) is 28.2. The van der Waals surface area contributed by atoms with Crippen LogP contribution in [-0.2, 0) is 34.5 Å². The first-order valence-corrected chi connectivity index (χ1v) is 18.2. The van der Waals surface area contributed by atoms with Crippen molar-refractivity contribution in [1.82, 2.24) is 4.78 Å². The molecule has 0 saturated heterocycles. The topological polar surface area (TPSA) is 148 Å². The number of rotatable bonds is 18. The van der Waals surface area contributed by atoms with Crippen molar-refractivity contribution in [3.05, 3.63) is 64.5 Å². The van der Waals surface area contributed by atoms with Crippen molar-refractivity contribution in [3.63, 3.8) is 0 Å². The molecule has 0 N–H and O–H groups in total. The Morgan fingerprint density at radius 1 is 1.10 bits per heavy atom. The van der Waals surface area contributed by atoms with Gasteiger partial charge < -0.3 is 23.4 Å². The molecule has 0 aromatic heterocycles. The van der Waals surface area contributed by atoms with Crippen molar-refractivity contribution in [1.29, 1.82) is 0 Å². The predicted octanol–water partition coefficient (Wildman–Crippen LogP) is 7.65. The summed E-state index contributed by atoms with van der Waals surface area (Å²) < 4.78 is 53.5. The van der Waals surface area contributed by atoms with Gasteiger partial charge in [-0.2, -0.15) is 0 Å². The van der Waals surface area contributed by atoms with Gasteiger partial charge in [0.25, 0.3) is 12.1 Å². The normalized spacial score (nSPS) is 13.2. The molecule has 228 valence electrons. The van der Waals surface area contributed by atoms with Crippen LogP contribution in [-0.4, -0.2) is 63.5 Å². The monoisotopic (exact) mass is 658 g/mol. The van der Waals surface area contributed by atoms with Crippen LogP contribution in [0.2, 0.25) is 0 Å². The molecule has 0 bridgehead atoms. The minimum atomic E-state index is -3.42. The molecule has 13 nitrogen and oxygen atoms in total. The number of benzene rings is 2. The summed E-state index contributed by atoms with van der Waals surface area (Å²) in [6, 6.07) is 14.3. The lowest BCUT2D eigenvalue weighted by molar-refractivity contribution is 0.117. The Hall–Kier alpha value is -2.65. The smallest absolute Gasteiger partial charge is 0.482 e. The molecule has 0 saturated carbocycles. The highest BCUT2D eigenvalue weighted by molar-refractivity contribution is 8.04. The molecule has 0 amide bonds. The van der Waals surface area contributed by atoms with E-state index < -0.39 is 28.2 Å². The average molecular weight is 659 g/mol. The van der Waals surface area contributed by atoms with Gasteiger partial charge in [0.05, 0.1) is 20.4 Å². The van der Waals surface area contributed by atoms with E-state index in [2.05, 4.69) is 15.1 Å². The lowest BCUT2D eigenvalue weighted by atomic mass is 10.2. The van der Waals surface area contributed by atoms with Crippen LogP contribution in [0.4, 0.5) is 5.69 Å². The molecule has 0 aliphatic carbocycles. The molecule has 3 unspecified atom stereocenters. The van der Waals surface area contributed by atoms with Crippen molar-refractivity contribution < 1.29 is 32.2 Å². The van der Waals surface area contributed by atoms with Crippen LogP contribution in [0.1, 0.15) is 32.8 Å². The van der Waals surface area contributed by atoms with Crippen LogP contribution in [0.25, 0.3) is 10.4 Å². The lowest BCUT2D eigenvalue weighted by Crippen LogP contribution is -2.25. The summed E-state index contributed by atoms with van der Waals surface area (Å²) in [5, 5.41) is 8.13. The van der Waals surface area contributed by atoms with Gasteiger partial charge in [-0.25, -0.2) is 0 Å². The Balaban J connectivity index is 2.08. The van der Waals surface area contributed by atoms with Crippen molar-refractivity contribution in [3.8, 4) is 11.5 Å². The van der Waals surface area contributed by atoms with E-state index in [4.69, 9.17) is 40.4 Å². The van der Waals surface area contributed by atoms with Crippen LogP contribution in [0.3, 0.4) is 0 Å². The van der Waals surface area contributed by atoms with Gasteiger partial charge in [0.1, 0.15) is 17.8 Å². The van der Waals surface area contributed by atoms with Gasteiger partial charge in [-0.15, -0.1) is 14.4 Å². The maximum Gasteiger partial charge on any atom is 0.529 e. The predicted molar refractivity (Wildman–Crippen MR) is 170 cm³/mol. The zero-order valence-electron chi connectivity index (χ0n) is 24.7. The van der Waals surface area contributed by atoms with Crippen LogP contribution < -0.4 is 14.4 Å². The van der Waals surface area contributed by atoms with Gasteiger partial charge in [-0.1, -0.05) is 6.92 Å². The molecule has 0 heterocycles. The second-order valence-electron chi connectivity index (χ2n) is 9.13. The maximum absolute atomic E-state index is 12.7. The fourth-order valence-corrected chi connectivity index (χ4v) is 7.04. The van der Waals surface area contributed by atoms with Crippen molar-refractivity contribution in [2.45, 2.75) is 38.8 Å². The number of hydrazone groups is 1. The van der Waals surface area contributed by atoms with E-state index >= 15 is 0 Å². The molecule has 0 fully saturated rings. The van der Waals surface area contributed by atoms with E-state index in [1.807, 2.05) is 26.1 Å². The summed E-state index contributed by atoms with van der Waals surface area (Å²) in [5.74, 6) is 0.871. The van der Waals surface area contributed by atoms with Crippen LogP contribution in [0.5, 0.6) is 11.5 Å². The van der Waals surface area contributed by atoms with Crippen LogP contribution >= 0.6 is 22.5 Å². The Kier molecular flexibility index (Phi) is 14.3. The quantitative estimate of drug-likeness (QED) is 0.0391. The van der Waals surface area contributed by atoms with Gasteiger partial charge >= 0.3 is 22.5 Å². The highest BCUT2D eigenvalue weighted by atomic mass is 32.4. The minimum Gasteiger partial charge on any atom is -0.482 e. The number of hydrogen-bond acceptors (Lipinski definition) is 11. The number of azide groups is 1. The number of hydrogen-bond donors (Lipinski definition) is 0. The van der Waals surface area contributed by atoms with Crippen LogP contribution in [0.15, 0.2) is 58.7 Å². The van der Waals surface area contributed by atoms with Gasteiger partial charge in [-0.3, -0.25) is 4.57 Å². The third-order valence-corrected chi connectivity index (χ3v) is 11.5. The summed E-state index contributed by atoms with van der Waals surface area (Å²) >= 11 is 5.79. The molecule has 0 radical (unpaired) electrons. The fourth-order valence-electron chi connectivity index (χ4n) is 3.41. The highest BCUT2D eigenvalue weighted by Gasteiger charge is 2.32. The molecular formula is C25H37N6O7P3S+2. The number of anilines is 1. The van der Waals surface area contributed by atoms with E-state index in [1.54, 1.807) is 66.1 Å². The Morgan fingerprint density at radius 3 is 2.21 bits per heavy atom. The van der Waals surface area contributed by atoms with E-state index in [1.165, 1.54) is 21.3 Å². The molecule has 2 aromatic carbocycles. The van der Waals surface area contributed by atoms with Crippen molar-refractivity contribution >= 4 is 46.2 Å². The molecule has 0 aliphatic heterocycles. The van der Waals surface area contributed by atoms with E-state index in [9.17, 15) is 9.13 Å². The van der Waals surface area contributed by atoms with E-state index in [0.717, 1.165) is 5.56 Å². The van der Waals surface area contributed by atoms with Gasteiger partial charge in [0.15, 0.2) is 17.5 Å². The SMILES string of the molecule is CCC(Oc1ccc(N(C[P+](=O)OC)CP(=O)(OC)OC)cc1)[P+](=S)N(C)/N=C/c1ccc(OC(C)(C)N=[N+]=[N-])cc1. The molecule has 2 rings (SSSR count). The standard InChI is InChI=1S/C25H37N6O7P3S/c1-8-24(40(42)30(4)27-17-20-9-13-23(14-10-20)38-25(2,3)28-29-26)37-22-15-11-21(12-16-22)31(18-39(32)34-5)19-41(33,35-6)36-7/h9-17,24H,8,18-19H2,1-7H3/q+2/b27-17+. The Labute approximate surface area is 253 Å². The number of ether oxygens (including phenoxy) is 2. The molecule has 0 spiro atoms. The summed E-state index contributed by atoms with van der Waals surface area (Å²) in [4.78, 5) is 4.42. The minimum absolute atomic E-state index is 0.00404. The summed E-state index contributed by atoms with van der Waals surface area (Å²) in [6.45, 7) is 4.12. The fraction of sp³-hybridized carbons (Fsp3) is 0.480. The second-order valence-corrected chi connectivity index (χ2v) is 15.6. The van der Waals surface area contributed by atoms with Gasteiger partial charge in [0, 0.05) is 31.2 Å². The Bertz CT molecular complexity index is 1320. The average Bonchev–Trinajstić information content (AvgIpc) is 2.98. The largest absolute Gasteiger partial charge is 0.529 e. The molecule has 42 heavy (non-hydrogen) atoms. The lowest BCUT2D eigenvalue weighted by Gasteiger charge is -2.24. The Morgan fingerprint density at radius 2 is 1.69 bits per heavy atom. The first-order chi connectivity index (χ1) is 19.9. The van der Waals surface area contributed by atoms with Crippen molar-refractivity contribution in [2.24, 2.45) is 10.2 Å². The summed E-state index contributed by atoms with van der Waals surface area (Å²) in [6.07, 6.45) is 2.26. The molecule has 3 atom stereocenters. The molecule has 2 aromatic rings. The van der Waals surface area contributed by atoms with Gasteiger partial charge in [0.2, 0.25) is 0 Å². The van der Waals surface area contributed by atoms with E-state index in [-0.39, 0.29) is 18.4 Å². The molecule has 17 heteroatoms. The summed E-state index contributed by atoms with van der Waals surface area (Å²) in [5.41, 5.74) is 9.14. The highest BCUT2D eigenvalue weighted by Crippen LogP contribution is 2.48.